The fourth-order valence-electron chi connectivity index (χ4n) is 0.995. The molecule has 0 saturated heterocycles. The molecule has 1 aromatic carbocycles. The lowest BCUT2D eigenvalue weighted by Gasteiger charge is -2.07. The van der Waals surface area contributed by atoms with E-state index in [1.54, 1.807) is 35.7 Å². The second-order valence-electron chi connectivity index (χ2n) is 2.90. The van der Waals surface area contributed by atoms with Crippen molar-refractivity contribution in [2.75, 3.05) is 12.0 Å². The summed E-state index contributed by atoms with van der Waals surface area (Å²) in [6.45, 7) is 2.05. The molecule has 0 aliphatic carbocycles. The summed E-state index contributed by atoms with van der Waals surface area (Å²) in [7, 11) is 0. The molecule has 6 heteroatoms. The molecular weight excluding hydrogens is 232 g/mol. The van der Waals surface area contributed by atoms with E-state index in [9.17, 15) is 10.1 Å². The number of nitrogen functional groups attached to an aromatic ring is 1. The molecule has 1 atom stereocenters. The van der Waals surface area contributed by atoms with Gasteiger partial charge in [0, 0.05) is 11.0 Å². The monoisotopic (exact) mass is 244 g/mol. The van der Waals surface area contributed by atoms with Crippen molar-refractivity contribution in [3.05, 3.63) is 28.3 Å². The number of nitrogens with zero attached hydrogens (tertiary/aromatic N) is 1. The Kier molecular flexibility index (Phi) is 4.28. The lowest BCUT2D eigenvalue weighted by atomic mass is 10.3. The number of rotatable bonds is 4. The van der Waals surface area contributed by atoms with Gasteiger partial charge in [-0.05, 0) is 25.3 Å². The standard InChI is InChI=1S/C9H12N2O2S2/c1-6(14-2)15-7-3-4-8(10)9(5-7)11(12)13/h3-6H,10H2,1-2H3. The van der Waals surface area contributed by atoms with Gasteiger partial charge in [0.05, 0.1) is 9.51 Å². The molecule has 0 heterocycles. The molecule has 0 aliphatic heterocycles. The molecule has 0 bridgehead atoms. The van der Waals surface area contributed by atoms with Crippen LogP contribution in [0.15, 0.2) is 23.1 Å². The molecule has 1 rings (SSSR count). The highest BCUT2D eigenvalue weighted by molar-refractivity contribution is 8.16. The first-order valence-corrected chi connectivity index (χ1v) is 6.44. The van der Waals surface area contributed by atoms with Gasteiger partial charge in [-0.25, -0.2) is 0 Å². The number of benzene rings is 1. The zero-order valence-corrected chi connectivity index (χ0v) is 10.1. The quantitative estimate of drug-likeness (QED) is 0.290. The molecule has 15 heavy (non-hydrogen) atoms. The predicted octanol–water partition coefficient (Wildman–Crippen LogP) is 2.98. The largest absolute Gasteiger partial charge is 0.393 e. The molecule has 0 fully saturated rings. The Balaban J connectivity index is 2.92. The first-order valence-electron chi connectivity index (χ1n) is 4.28. The van der Waals surface area contributed by atoms with Gasteiger partial charge in [-0.2, -0.15) is 11.8 Å². The van der Waals surface area contributed by atoms with Crippen LogP contribution < -0.4 is 5.73 Å². The SMILES string of the molecule is CSC(C)Sc1ccc(N)c([N+](=O)[O-])c1. The predicted molar refractivity (Wildman–Crippen MR) is 66.3 cm³/mol. The molecule has 0 saturated carbocycles. The summed E-state index contributed by atoms with van der Waals surface area (Å²) in [6.07, 6.45) is 2.00. The molecule has 0 aliphatic rings. The average Bonchev–Trinajstić information content (AvgIpc) is 2.20. The van der Waals surface area contributed by atoms with Crippen LogP contribution in [-0.2, 0) is 0 Å². The van der Waals surface area contributed by atoms with Crippen molar-refractivity contribution < 1.29 is 4.92 Å². The number of nitro benzene ring substituents is 1. The van der Waals surface area contributed by atoms with E-state index in [4.69, 9.17) is 5.73 Å². The van der Waals surface area contributed by atoms with Crippen molar-refractivity contribution in [2.24, 2.45) is 0 Å². The second-order valence-corrected chi connectivity index (χ2v) is 5.79. The van der Waals surface area contributed by atoms with Crippen LogP contribution in [0.4, 0.5) is 11.4 Å². The average molecular weight is 244 g/mol. The van der Waals surface area contributed by atoms with E-state index >= 15 is 0 Å². The Labute approximate surface area is 96.8 Å². The molecule has 1 aromatic rings. The van der Waals surface area contributed by atoms with Crippen molar-refractivity contribution in [1.82, 2.24) is 0 Å². The van der Waals surface area contributed by atoms with Crippen LogP contribution >= 0.6 is 23.5 Å². The fraction of sp³-hybridized carbons (Fsp3) is 0.333. The van der Waals surface area contributed by atoms with Crippen LogP contribution in [0.1, 0.15) is 6.92 Å². The molecule has 82 valence electrons. The Morgan fingerprint density at radius 1 is 1.53 bits per heavy atom. The van der Waals surface area contributed by atoms with Gasteiger partial charge in [0.2, 0.25) is 0 Å². The Morgan fingerprint density at radius 3 is 2.73 bits per heavy atom. The molecule has 0 radical (unpaired) electrons. The van der Waals surface area contributed by atoms with Gasteiger partial charge in [-0.1, -0.05) is 0 Å². The third-order valence-electron chi connectivity index (χ3n) is 1.83. The Hall–Kier alpha value is -0.880. The van der Waals surface area contributed by atoms with E-state index < -0.39 is 4.92 Å². The maximum Gasteiger partial charge on any atom is 0.293 e. The van der Waals surface area contributed by atoms with E-state index in [0.717, 1.165) is 4.90 Å². The van der Waals surface area contributed by atoms with Crippen LogP contribution in [-0.4, -0.2) is 15.8 Å². The zero-order chi connectivity index (χ0) is 11.4. The van der Waals surface area contributed by atoms with Gasteiger partial charge in [0.25, 0.3) is 5.69 Å². The normalized spacial score (nSPS) is 12.4. The summed E-state index contributed by atoms with van der Waals surface area (Å²) in [5.41, 5.74) is 5.69. The van der Waals surface area contributed by atoms with Gasteiger partial charge in [0.15, 0.2) is 0 Å². The van der Waals surface area contributed by atoms with Gasteiger partial charge < -0.3 is 5.73 Å². The van der Waals surface area contributed by atoms with Gasteiger partial charge in [-0.3, -0.25) is 10.1 Å². The van der Waals surface area contributed by atoms with Crippen LogP contribution in [0.3, 0.4) is 0 Å². The van der Waals surface area contributed by atoms with Crippen molar-refractivity contribution >= 4 is 34.9 Å². The van der Waals surface area contributed by atoms with Crippen molar-refractivity contribution in [3.63, 3.8) is 0 Å². The van der Waals surface area contributed by atoms with E-state index in [0.29, 0.717) is 4.58 Å². The molecule has 1 unspecified atom stereocenters. The van der Waals surface area contributed by atoms with Gasteiger partial charge >= 0.3 is 0 Å². The number of thioether (sulfide) groups is 2. The van der Waals surface area contributed by atoms with E-state index in [-0.39, 0.29) is 11.4 Å². The molecule has 0 aromatic heterocycles. The van der Waals surface area contributed by atoms with E-state index in [1.807, 2.05) is 6.26 Å². The van der Waals surface area contributed by atoms with E-state index in [1.165, 1.54) is 6.07 Å². The van der Waals surface area contributed by atoms with E-state index in [2.05, 4.69) is 6.92 Å². The zero-order valence-electron chi connectivity index (χ0n) is 8.47. The first-order chi connectivity index (χ1) is 7.04. The minimum atomic E-state index is -0.455. The second kappa shape index (κ2) is 5.27. The summed E-state index contributed by atoms with van der Waals surface area (Å²) in [6, 6.07) is 4.90. The van der Waals surface area contributed by atoms with Crippen LogP contribution in [0.25, 0.3) is 0 Å². The van der Waals surface area contributed by atoms with Crippen molar-refractivity contribution in [1.29, 1.82) is 0 Å². The van der Waals surface area contributed by atoms with Crippen molar-refractivity contribution in [2.45, 2.75) is 16.4 Å². The third-order valence-corrected chi connectivity index (χ3v) is 4.22. The Bertz CT molecular complexity index is 371. The fourth-order valence-corrected chi connectivity index (χ4v) is 2.42. The summed E-state index contributed by atoms with van der Waals surface area (Å²) >= 11 is 3.29. The lowest BCUT2D eigenvalue weighted by Crippen LogP contribution is -1.96. The molecular formula is C9H12N2O2S2. The molecule has 2 N–H and O–H groups in total. The number of hydrogen-bond donors (Lipinski definition) is 1. The molecule has 4 nitrogen and oxygen atoms in total. The number of anilines is 1. The maximum absolute atomic E-state index is 10.6. The summed E-state index contributed by atoms with van der Waals surface area (Å²) in [5.74, 6) is 0. The van der Waals surface area contributed by atoms with Crippen LogP contribution in [0, 0.1) is 10.1 Å². The summed E-state index contributed by atoms with van der Waals surface area (Å²) in [5, 5.41) is 10.6. The molecule has 0 amide bonds. The van der Waals surface area contributed by atoms with Crippen LogP contribution in [0.2, 0.25) is 0 Å². The minimum absolute atomic E-state index is 0.0201. The summed E-state index contributed by atoms with van der Waals surface area (Å²) < 4.78 is 0.369. The summed E-state index contributed by atoms with van der Waals surface area (Å²) in [4.78, 5) is 11.1. The maximum atomic E-state index is 10.6. The highest BCUT2D eigenvalue weighted by Crippen LogP contribution is 2.33. The van der Waals surface area contributed by atoms with Crippen LogP contribution in [0.5, 0.6) is 0 Å². The first kappa shape index (κ1) is 12.2. The van der Waals surface area contributed by atoms with Crippen molar-refractivity contribution in [3.8, 4) is 0 Å². The highest BCUT2D eigenvalue weighted by atomic mass is 32.2. The number of nitro groups is 1. The number of nitrogens with two attached hydrogens (primary N) is 1. The Morgan fingerprint density at radius 2 is 2.20 bits per heavy atom. The van der Waals surface area contributed by atoms with Gasteiger partial charge in [0.1, 0.15) is 5.69 Å². The van der Waals surface area contributed by atoms with Gasteiger partial charge in [-0.15, -0.1) is 11.8 Å². The smallest absolute Gasteiger partial charge is 0.293 e. The highest BCUT2D eigenvalue weighted by Gasteiger charge is 2.13. The number of hydrogen-bond acceptors (Lipinski definition) is 5. The third kappa shape index (κ3) is 3.32. The lowest BCUT2D eigenvalue weighted by molar-refractivity contribution is -0.384. The topological polar surface area (TPSA) is 69.2 Å². The molecule has 0 spiro atoms. The minimum Gasteiger partial charge on any atom is -0.393 e.